The Hall–Kier alpha value is -2.26. The summed E-state index contributed by atoms with van der Waals surface area (Å²) >= 11 is 5.33. The maximum absolute atomic E-state index is 12.6. The van der Waals surface area contributed by atoms with Gasteiger partial charge in [-0.3, -0.25) is 14.8 Å². The first kappa shape index (κ1) is 18.1. The second-order valence-electron chi connectivity index (χ2n) is 5.05. The molecule has 0 aromatic carbocycles. The summed E-state index contributed by atoms with van der Waals surface area (Å²) in [5.74, 6) is -0.757. The van der Waals surface area contributed by atoms with E-state index >= 15 is 0 Å². The van der Waals surface area contributed by atoms with E-state index in [9.17, 15) is 9.59 Å². The molecule has 2 heterocycles. The second kappa shape index (κ2) is 8.55. The lowest BCUT2D eigenvalue weighted by Crippen LogP contribution is -2.49. The number of methoxy groups -OCH3 is 2. The van der Waals surface area contributed by atoms with Crippen LogP contribution in [-0.2, 0) is 9.47 Å². The van der Waals surface area contributed by atoms with Crippen molar-refractivity contribution in [3.63, 3.8) is 0 Å². The molecule has 0 radical (unpaired) electrons. The van der Waals surface area contributed by atoms with Crippen molar-refractivity contribution in [1.82, 2.24) is 20.3 Å². The van der Waals surface area contributed by atoms with E-state index in [0.29, 0.717) is 36.9 Å². The average molecular weight is 352 g/mol. The summed E-state index contributed by atoms with van der Waals surface area (Å²) in [6.07, 6.45) is 2.15. The van der Waals surface area contributed by atoms with Crippen LogP contribution in [0.5, 0.6) is 0 Å². The fourth-order valence-corrected chi connectivity index (χ4v) is 2.57. The van der Waals surface area contributed by atoms with Gasteiger partial charge in [0.15, 0.2) is 5.11 Å². The van der Waals surface area contributed by atoms with Gasteiger partial charge in [0.1, 0.15) is 5.69 Å². The minimum atomic E-state index is -0.493. The lowest BCUT2D eigenvalue weighted by Gasteiger charge is -2.29. The van der Waals surface area contributed by atoms with Gasteiger partial charge in [0.05, 0.1) is 19.3 Å². The molecule has 1 amide bonds. The van der Waals surface area contributed by atoms with Crippen LogP contribution in [0.15, 0.2) is 18.3 Å². The molecule has 0 unspecified atom stereocenters. The Bertz CT molecular complexity index is 608. The minimum absolute atomic E-state index is 0.245. The first-order chi connectivity index (χ1) is 11.6. The van der Waals surface area contributed by atoms with Crippen molar-refractivity contribution < 1.29 is 19.1 Å². The number of carbonyl (C=O) groups excluding carboxylic acids is 2. The first-order valence-corrected chi connectivity index (χ1v) is 7.89. The largest absolute Gasteiger partial charge is 0.465 e. The number of hydrazine groups is 1. The number of carbonyl (C=O) groups is 2. The second-order valence-corrected chi connectivity index (χ2v) is 5.44. The van der Waals surface area contributed by atoms with Crippen LogP contribution in [0.2, 0.25) is 0 Å². The van der Waals surface area contributed by atoms with Crippen LogP contribution in [0.4, 0.5) is 0 Å². The Kier molecular flexibility index (Phi) is 6.44. The number of aromatic nitrogens is 1. The molecule has 1 aliphatic rings. The number of nitrogens with one attached hydrogen (secondary N) is 1. The van der Waals surface area contributed by atoms with Gasteiger partial charge in [-0.2, -0.15) is 0 Å². The topological polar surface area (TPSA) is 84.0 Å². The van der Waals surface area contributed by atoms with Gasteiger partial charge >= 0.3 is 5.97 Å². The molecule has 1 saturated heterocycles. The lowest BCUT2D eigenvalue weighted by molar-refractivity contribution is 0.0482. The van der Waals surface area contributed by atoms with Crippen molar-refractivity contribution in [2.45, 2.75) is 6.42 Å². The summed E-state index contributed by atoms with van der Waals surface area (Å²) in [7, 11) is 2.90. The summed E-state index contributed by atoms with van der Waals surface area (Å²) in [4.78, 5) is 28.1. The zero-order chi connectivity index (χ0) is 17.5. The molecule has 8 nitrogen and oxygen atoms in total. The molecule has 1 aliphatic heterocycles. The van der Waals surface area contributed by atoms with Crippen molar-refractivity contribution >= 4 is 29.2 Å². The summed E-state index contributed by atoms with van der Waals surface area (Å²) in [5, 5.41) is 6.81. The average Bonchev–Trinajstić information content (AvgIpc) is 3.10. The van der Waals surface area contributed by atoms with E-state index < -0.39 is 5.97 Å². The number of hydrogen-bond donors (Lipinski definition) is 1. The van der Waals surface area contributed by atoms with E-state index in [1.165, 1.54) is 25.4 Å². The standard InChI is InChI=1S/C15H20N4O4S/c1-22-9-6-16-15(24)19-8-3-7-18(19)13(20)12-5-4-11(10-17-12)14(21)23-2/h4-5,10H,3,6-9H2,1-2H3,(H,16,24). The van der Waals surface area contributed by atoms with E-state index in [0.717, 1.165) is 6.42 Å². The van der Waals surface area contributed by atoms with Crippen LogP contribution in [0.25, 0.3) is 0 Å². The predicted octanol–water partition coefficient (Wildman–Crippen LogP) is 0.452. The quantitative estimate of drug-likeness (QED) is 0.465. The molecule has 2 rings (SSSR count). The highest BCUT2D eigenvalue weighted by Crippen LogP contribution is 2.15. The monoisotopic (exact) mass is 352 g/mol. The van der Waals surface area contributed by atoms with Crippen LogP contribution in [0, 0.1) is 0 Å². The molecule has 0 spiro atoms. The Morgan fingerprint density at radius 3 is 2.67 bits per heavy atom. The molecule has 1 aromatic heterocycles. The number of hydrogen-bond acceptors (Lipinski definition) is 6. The zero-order valence-corrected chi connectivity index (χ0v) is 14.5. The smallest absolute Gasteiger partial charge is 0.339 e. The van der Waals surface area contributed by atoms with Crippen LogP contribution in [0.1, 0.15) is 27.3 Å². The summed E-state index contributed by atoms with van der Waals surface area (Å²) in [6.45, 7) is 2.31. The third kappa shape index (κ3) is 4.18. The van der Waals surface area contributed by atoms with Gasteiger partial charge in [-0.1, -0.05) is 0 Å². The van der Waals surface area contributed by atoms with Crippen molar-refractivity contribution in [2.24, 2.45) is 0 Å². The summed E-state index contributed by atoms with van der Waals surface area (Å²) in [5.41, 5.74) is 0.540. The zero-order valence-electron chi connectivity index (χ0n) is 13.7. The Labute approximate surface area is 145 Å². The number of pyridine rings is 1. The number of thiocarbonyl (C=S) groups is 1. The van der Waals surface area contributed by atoms with Gasteiger partial charge in [-0.15, -0.1) is 0 Å². The SMILES string of the molecule is COCCNC(=S)N1CCCN1C(=O)c1ccc(C(=O)OC)cn1. The molecule has 0 aliphatic carbocycles. The third-order valence-corrected chi connectivity index (χ3v) is 3.84. The number of ether oxygens (including phenoxy) is 2. The Morgan fingerprint density at radius 1 is 1.29 bits per heavy atom. The number of amides is 1. The molecule has 1 fully saturated rings. The van der Waals surface area contributed by atoms with Crippen molar-refractivity contribution in [1.29, 1.82) is 0 Å². The van der Waals surface area contributed by atoms with Crippen LogP contribution in [-0.4, -0.2) is 72.5 Å². The van der Waals surface area contributed by atoms with E-state index in [-0.39, 0.29) is 11.6 Å². The molecule has 1 N–H and O–H groups in total. The van der Waals surface area contributed by atoms with Crippen molar-refractivity contribution in [2.75, 3.05) is 40.5 Å². The molecule has 0 atom stereocenters. The van der Waals surface area contributed by atoms with Gasteiger partial charge < -0.3 is 14.8 Å². The van der Waals surface area contributed by atoms with Crippen LogP contribution < -0.4 is 5.32 Å². The number of nitrogens with zero attached hydrogens (tertiary/aromatic N) is 3. The van der Waals surface area contributed by atoms with Gasteiger partial charge in [-0.05, 0) is 30.8 Å². The van der Waals surface area contributed by atoms with Gasteiger partial charge in [0.25, 0.3) is 5.91 Å². The Balaban J connectivity index is 2.04. The van der Waals surface area contributed by atoms with Gasteiger partial charge in [0.2, 0.25) is 0 Å². The molecule has 9 heteroatoms. The first-order valence-electron chi connectivity index (χ1n) is 7.49. The normalized spacial score (nSPS) is 13.8. The van der Waals surface area contributed by atoms with E-state index in [2.05, 4.69) is 15.0 Å². The highest BCUT2D eigenvalue weighted by Gasteiger charge is 2.30. The predicted molar refractivity (Wildman–Crippen MR) is 90.4 cm³/mol. The maximum atomic E-state index is 12.6. The molecular weight excluding hydrogens is 332 g/mol. The molecule has 1 aromatic rings. The molecule has 130 valence electrons. The minimum Gasteiger partial charge on any atom is -0.465 e. The summed E-state index contributed by atoms with van der Waals surface area (Å²) < 4.78 is 9.58. The van der Waals surface area contributed by atoms with Crippen LogP contribution >= 0.6 is 12.2 Å². The van der Waals surface area contributed by atoms with Crippen molar-refractivity contribution in [3.05, 3.63) is 29.6 Å². The molecule has 0 saturated carbocycles. The number of esters is 1. The Morgan fingerprint density at radius 2 is 2.04 bits per heavy atom. The van der Waals surface area contributed by atoms with Crippen molar-refractivity contribution in [3.8, 4) is 0 Å². The van der Waals surface area contributed by atoms with E-state index in [1.807, 2.05) is 0 Å². The fourth-order valence-electron chi connectivity index (χ4n) is 2.28. The van der Waals surface area contributed by atoms with E-state index in [1.54, 1.807) is 17.1 Å². The highest BCUT2D eigenvalue weighted by molar-refractivity contribution is 7.80. The van der Waals surface area contributed by atoms with E-state index in [4.69, 9.17) is 17.0 Å². The fraction of sp³-hybridized carbons (Fsp3) is 0.467. The highest BCUT2D eigenvalue weighted by atomic mass is 32.1. The van der Waals surface area contributed by atoms with Crippen LogP contribution in [0.3, 0.4) is 0 Å². The number of rotatable bonds is 5. The molecule has 0 bridgehead atoms. The van der Waals surface area contributed by atoms with Gasteiger partial charge in [-0.25, -0.2) is 9.80 Å². The molecule has 24 heavy (non-hydrogen) atoms. The van der Waals surface area contributed by atoms with Gasteiger partial charge in [0, 0.05) is 32.9 Å². The third-order valence-electron chi connectivity index (χ3n) is 3.49. The summed E-state index contributed by atoms with van der Waals surface area (Å²) in [6, 6.07) is 3.02. The molecular formula is C15H20N4O4S. The lowest BCUT2D eigenvalue weighted by atomic mass is 10.2. The maximum Gasteiger partial charge on any atom is 0.339 e.